The van der Waals surface area contributed by atoms with Gasteiger partial charge in [0.1, 0.15) is 12.4 Å². The van der Waals surface area contributed by atoms with E-state index < -0.39 is 5.54 Å². The molecule has 1 aliphatic rings. The summed E-state index contributed by atoms with van der Waals surface area (Å²) in [5.41, 5.74) is 1.65. The number of benzene rings is 3. The number of carbonyl (C=O) groups excluding carboxylic acids is 1. The van der Waals surface area contributed by atoms with Crippen LogP contribution in [0.3, 0.4) is 0 Å². The minimum Gasteiger partial charge on any atom is -0.489 e. The summed E-state index contributed by atoms with van der Waals surface area (Å²) in [5.74, 6) is 0.702. The average molecular weight is 368 g/mol. The van der Waals surface area contributed by atoms with E-state index in [0.717, 1.165) is 22.6 Å². The Kier molecular flexibility index (Phi) is 4.82. The van der Waals surface area contributed by atoms with Crippen molar-refractivity contribution in [3.05, 3.63) is 96.1 Å². The molecule has 1 aliphatic heterocycles. The zero-order valence-corrected chi connectivity index (χ0v) is 15.4. The number of para-hydroxylation sites is 1. The van der Waals surface area contributed by atoms with Crippen LogP contribution in [-0.4, -0.2) is 5.91 Å². The highest BCUT2D eigenvalue weighted by atomic mass is 16.5. The number of nitriles is 1. The Morgan fingerprint density at radius 1 is 0.929 bits per heavy atom. The molecule has 1 saturated heterocycles. The highest BCUT2D eigenvalue weighted by Crippen LogP contribution is 2.42. The molecule has 1 unspecified atom stereocenters. The predicted octanol–water partition coefficient (Wildman–Crippen LogP) is 4.81. The van der Waals surface area contributed by atoms with Crippen LogP contribution in [0.1, 0.15) is 24.0 Å². The van der Waals surface area contributed by atoms with Crippen LogP contribution in [0.15, 0.2) is 84.9 Å². The van der Waals surface area contributed by atoms with Crippen LogP contribution >= 0.6 is 0 Å². The monoisotopic (exact) mass is 368 g/mol. The summed E-state index contributed by atoms with van der Waals surface area (Å²) >= 11 is 0. The van der Waals surface area contributed by atoms with Crippen molar-refractivity contribution >= 4 is 11.6 Å². The number of hydrogen-bond acceptors (Lipinski definition) is 3. The summed E-state index contributed by atoms with van der Waals surface area (Å²) in [6.45, 7) is 0.484. The molecule has 1 fully saturated rings. The lowest BCUT2D eigenvalue weighted by Gasteiger charge is -2.33. The van der Waals surface area contributed by atoms with Crippen molar-refractivity contribution in [3.8, 4) is 11.8 Å². The molecule has 138 valence electrons. The van der Waals surface area contributed by atoms with Gasteiger partial charge in [-0.15, -0.1) is 0 Å². The molecule has 0 radical (unpaired) electrons. The van der Waals surface area contributed by atoms with Crippen molar-refractivity contribution in [1.29, 1.82) is 5.26 Å². The maximum absolute atomic E-state index is 12.6. The van der Waals surface area contributed by atoms with Crippen LogP contribution in [0.4, 0.5) is 5.69 Å². The molecule has 0 N–H and O–H groups in total. The van der Waals surface area contributed by atoms with Crippen molar-refractivity contribution in [2.45, 2.75) is 25.0 Å². The third-order valence-corrected chi connectivity index (χ3v) is 5.11. The Hall–Kier alpha value is -3.58. The molecule has 0 bridgehead atoms. The van der Waals surface area contributed by atoms with Crippen LogP contribution < -0.4 is 9.64 Å². The number of nitrogens with zero attached hydrogens (tertiary/aromatic N) is 2. The molecule has 0 saturated carbocycles. The van der Waals surface area contributed by atoms with Crippen LogP contribution in [0.2, 0.25) is 0 Å². The van der Waals surface area contributed by atoms with E-state index >= 15 is 0 Å². The number of anilines is 1. The minimum atomic E-state index is -0.990. The van der Waals surface area contributed by atoms with Crippen LogP contribution in [-0.2, 0) is 16.9 Å². The molecule has 3 aromatic rings. The number of rotatable bonds is 5. The van der Waals surface area contributed by atoms with Crippen LogP contribution in [0, 0.1) is 11.3 Å². The minimum absolute atomic E-state index is 0.0304. The first-order valence-corrected chi connectivity index (χ1v) is 9.29. The van der Waals surface area contributed by atoms with Gasteiger partial charge in [0.05, 0.1) is 6.07 Å². The predicted molar refractivity (Wildman–Crippen MR) is 108 cm³/mol. The van der Waals surface area contributed by atoms with Crippen LogP contribution in [0.5, 0.6) is 5.75 Å². The van der Waals surface area contributed by atoms with Gasteiger partial charge in [0.2, 0.25) is 5.91 Å². The van der Waals surface area contributed by atoms with Gasteiger partial charge in [-0.3, -0.25) is 9.69 Å². The highest BCUT2D eigenvalue weighted by Gasteiger charge is 2.48. The van der Waals surface area contributed by atoms with E-state index in [-0.39, 0.29) is 5.91 Å². The van der Waals surface area contributed by atoms with Gasteiger partial charge in [-0.05, 0) is 41.8 Å². The largest absolute Gasteiger partial charge is 0.489 e. The molecular formula is C24H20N2O2. The average Bonchev–Trinajstić information content (AvgIpc) is 3.11. The van der Waals surface area contributed by atoms with Crippen molar-refractivity contribution in [3.63, 3.8) is 0 Å². The van der Waals surface area contributed by atoms with Gasteiger partial charge in [0.25, 0.3) is 0 Å². The third-order valence-electron chi connectivity index (χ3n) is 5.11. The summed E-state index contributed by atoms with van der Waals surface area (Å²) in [6, 6.07) is 29.3. The quantitative estimate of drug-likeness (QED) is 0.649. The van der Waals surface area contributed by atoms with E-state index in [1.165, 1.54) is 0 Å². The summed E-state index contributed by atoms with van der Waals surface area (Å²) in [7, 11) is 0. The molecule has 3 aromatic carbocycles. The van der Waals surface area contributed by atoms with E-state index in [0.29, 0.717) is 19.4 Å². The number of carbonyl (C=O) groups is 1. The number of ether oxygens (including phenoxy) is 1. The van der Waals surface area contributed by atoms with Gasteiger partial charge >= 0.3 is 0 Å². The molecule has 0 aliphatic carbocycles. The zero-order chi connectivity index (χ0) is 19.4. The van der Waals surface area contributed by atoms with E-state index in [2.05, 4.69) is 6.07 Å². The first-order valence-electron chi connectivity index (χ1n) is 9.29. The smallest absolute Gasteiger partial charge is 0.228 e. The normalized spacial score (nSPS) is 18.7. The molecule has 1 heterocycles. The summed E-state index contributed by atoms with van der Waals surface area (Å²) in [5, 5.41) is 10.1. The molecular weight excluding hydrogens is 348 g/mol. The second kappa shape index (κ2) is 7.58. The SMILES string of the molecule is N#CC1(c2ccc(OCc3ccccc3)cc2)CCC(=O)N1c1ccccc1. The van der Waals surface area contributed by atoms with Gasteiger partial charge in [-0.1, -0.05) is 60.7 Å². The number of hydrogen-bond donors (Lipinski definition) is 0. The van der Waals surface area contributed by atoms with Gasteiger partial charge < -0.3 is 4.74 Å². The van der Waals surface area contributed by atoms with Crippen molar-refractivity contribution < 1.29 is 9.53 Å². The van der Waals surface area contributed by atoms with Gasteiger partial charge in [-0.25, -0.2) is 0 Å². The molecule has 4 heteroatoms. The zero-order valence-electron chi connectivity index (χ0n) is 15.4. The van der Waals surface area contributed by atoms with Gasteiger partial charge in [0, 0.05) is 12.1 Å². The highest BCUT2D eigenvalue weighted by molar-refractivity contribution is 5.98. The summed E-state index contributed by atoms with van der Waals surface area (Å²) in [6.07, 6.45) is 0.830. The van der Waals surface area contributed by atoms with E-state index in [1.807, 2.05) is 84.9 Å². The Bertz CT molecular complexity index is 994. The fourth-order valence-electron chi connectivity index (χ4n) is 3.68. The standard InChI is InChI=1S/C24H20N2O2/c25-18-24(16-15-23(27)26(24)21-9-5-2-6-10-21)20-11-13-22(14-12-20)28-17-19-7-3-1-4-8-19/h1-14H,15-17H2. The fraction of sp³-hybridized carbons (Fsp3) is 0.167. The third kappa shape index (κ3) is 3.23. The molecule has 28 heavy (non-hydrogen) atoms. The Labute approximate surface area is 164 Å². The molecule has 4 rings (SSSR count). The molecule has 1 amide bonds. The summed E-state index contributed by atoms with van der Waals surface area (Å²) in [4.78, 5) is 14.2. The maximum atomic E-state index is 12.6. The van der Waals surface area contributed by atoms with Crippen molar-refractivity contribution in [2.75, 3.05) is 4.90 Å². The Morgan fingerprint density at radius 3 is 2.21 bits per heavy atom. The second-order valence-electron chi connectivity index (χ2n) is 6.84. The first kappa shape index (κ1) is 17.8. The van der Waals surface area contributed by atoms with E-state index in [4.69, 9.17) is 4.74 Å². The second-order valence-corrected chi connectivity index (χ2v) is 6.84. The lowest BCUT2D eigenvalue weighted by molar-refractivity contribution is -0.117. The molecule has 0 aromatic heterocycles. The van der Waals surface area contributed by atoms with Gasteiger partial charge in [-0.2, -0.15) is 5.26 Å². The molecule has 1 atom stereocenters. The fourth-order valence-corrected chi connectivity index (χ4v) is 3.68. The molecule has 0 spiro atoms. The van der Waals surface area contributed by atoms with E-state index in [1.54, 1.807) is 4.90 Å². The maximum Gasteiger partial charge on any atom is 0.228 e. The molecule has 4 nitrogen and oxygen atoms in total. The first-order chi connectivity index (χ1) is 13.7. The summed E-state index contributed by atoms with van der Waals surface area (Å²) < 4.78 is 5.85. The lowest BCUT2D eigenvalue weighted by Crippen LogP contribution is -2.42. The topological polar surface area (TPSA) is 53.3 Å². The number of amides is 1. The Morgan fingerprint density at radius 2 is 1.57 bits per heavy atom. The van der Waals surface area contributed by atoms with Crippen LogP contribution in [0.25, 0.3) is 0 Å². The Balaban J connectivity index is 1.59. The van der Waals surface area contributed by atoms with Crippen molar-refractivity contribution in [2.24, 2.45) is 0 Å². The van der Waals surface area contributed by atoms with Crippen molar-refractivity contribution in [1.82, 2.24) is 0 Å². The lowest BCUT2D eigenvalue weighted by atomic mass is 9.88. The van der Waals surface area contributed by atoms with E-state index in [9.17, 15) is 10.1 Å². The van der Waals surface area contributed by atoms with Gasteiger partial charge in [0.15, 0.2) is 5.54 Å².